The first-order valence-corrected chi connectivity index (χ1v) is 9.09. The van der Waals surface area contributed by atoms with Crippen molar-refractivity contribution in [2.75, 3.05) is 12.0 Å². The van der Waals surface area contributed by atoms with Gasteiger partial charge in [0.2, 0.25) is 15.8 Å². The molecule has 0 atom stereocenters. The number of fused-ring (bicyclic) bond motifs is 1. The van der Waals surface area contributed by atoms with Crippen LogP contribution in [-0.2, 0) is 9.84 Å². The van der Waals surface area contributed by atoms with Gasteiger partial charge in [-0.25, -0.2) is 8.42 Å². The molecule has 0 spiro atoms. The zero-order chi connectivity index (χ0) is 16.1. The lowest BCUT2D eigenvalue weighted by molar-refractivity contribution is 0.592. The van der Waals surface area contributed by atoms with Crippen molar-refractivity contribution in [2.24, 2.45) is 0 Å². The Bertz CT molecular complexity index is 998. The molecule has 22 heavy (non-hydrogen) atoms. The smallest absolute Gasteiger partial charge is 0.258 e. The lowest BCUT2D eigenvalue weighted by atomic mass is 10.1. The van der Waals surface area contributed by atoms with Gasteiger partial charge in [-0.2, -0.15) is 19.5 Å². The predicted octanol–water partition coefficient (Wildman–Crippen LogP) is 1.09. The van der Waals surface area contributed by atoms with Crippen molar-refractivity contribution in [1.29, 1.82) is 0 Å². The second-order valence-electron chi connectivity index (χ2n) is 4.75. The monoisotopic (exact) mass is 430 g/mol. The minimum absolute atomic E-state index is 0.0774. The highest BCUT2D eigenvalue weighted by atomic mass is 127. The highest BCUT2D eigenvalue weighted by Crippen LogP contribution is 2.21. The molecule has 0 radical (unpaired) electrons. The number of nitrogens with two attached hydrogens (primary N) is 1. The van der Waals surface area contributed by atoms with Gasteiger partial charge in [-0.05, 0) is 47.2 Å². The summed E-state index contributed by atoms with van der Waals surface area (Å²) in [5.74, 6) is 0.427. The summed E-state index contributed by atoms with van der Waals surface area (Å²) < 4.78 is 25.4. The molecule has 0 saturated heterocycles. The maximum Gasteiger partial charge on any atom is 0.258 e. The summed E-state index contributed by atoms with van der Waals surface area (Å²) in [5.41, 5.74) is 7.63. The third kappa shape index (κ3) is 2.63. The van der Waals surface area contributed by atoms with Crippen molar-refractivity contribution in [2.45, 2.75) is 12.1 Å². The Morgan fingerprint density at radius 2 is 1.95 bits per heavy atom. The fourth-order valence-corrected chi connectivity index (χ4v) is 2.70. The maximum atomic E-state index is 11.5. The quantitative estimate of drug-likeness (QED) is 0.605. The molecule has 1 aromatic carbocycles. The Morgan fingerprint density at radius 3 is 2.59 bits per heavy atom. The normalized spacial score (nSPS) is 12.0. The molecule has 0 amide bonds. The molecule has 0 bridgehead atoms. The molecule has 0 aliphatic rings. The lowest BCUT2D eigenvalue weighted by Crippen LogP contribution is -2.11. The van der Waals surface area contributed by atoms with Crippen LogP contribution in [0.2, 0.25) is 0 Å². The van der Waals surface area contributed by atoms with E-state index in [4.69, 9.17) is 5.73 Å². The molecule has 2 aromatic heterocycles. The molecule has 10 heteroatoms. The van der Waals surface area contributed by atoms with Gasteiger partial charge in [-0.1, -0.05) is 6.07 Å². The van der Waals surface area contributed by atoms with E-state index in [1.54, 1.807) is 0 Å². The molecule has 0 aliphatic heterocycles. The van der Waals surface area contributed by atoms with Gasteiger partial charge < -0.3 is 5.73 Å². The summed E-state index contributed by atoms with van der Waals surface area (Å²) in [6.07, 6.45) is 1.01. The number of hydrogen-bond acceptors (Lipinski definition) is 7. The Labute approximate surface area is 139 Å². The number of aromatic nitrogens is 5. The van der Waals surface area contributed by atoms with E-state index in [9.17, 15) is 8.42 Å². The number of rotatable bonds is 2. The average molecular weight is 430 g/mol. The number of halogens is 1. The van der Waals surface area contributed by atoms with E-state index in [0.29, 0.717) is 5.82 Å². The number of nitrogen functional groups attached to an aromatic ring is 1. The van der Waals surface area contributed by atoms with Crippen molar-refractivity contribution in [3.05, 3.63) is 27.3 Å². The highest BCUT2D eigenvalue weighted by molar-refractivity contribution is 14.1. The first-order valence-electron chi connectivity index (χ1n) is 6.12. The van der Waals surface area contributed by atoms with Crippen LogP contribution in [0.3, 0.4) is 0 Å². The third-order valence-corrected chi connectivity index (χ3v) is 5.02. The van der Waals surface area contributed by atoms with Crippen molar-refractivity contribution in [3.8, 4) is 11.4 Å². The first-order chi connectivity index (χ1) is 10.3. The minimum atomic E-state index is -3.57. The van der Waals surface area contributed by atoms with E-state index >= 15 is 0 Å². The Hall–Kier alpha value is -1.82. The van der Waals surface area contributed by atoms with Gasteiger partial charge in [0.1, 0.15) is 0 Å². The van der Waals surface area contributed by atoms with Gasteiger partial charge in [0, 0.05) is 15.4 Å². The molecule has 0 saturated carbocycles. The standard InChI is InChI=1S/C12H11IN6O2S/c1-6-5-7(3-4-8(6)13)9-15-11-17-12(22(2,20)21)16-10(14)19(11)18-9/h3-5H,1-2H3,(H2,14,15,16,17,18). The molecule has 2 N–H and O–H groups in total. The zero-order valence-electron chi connectivity index (χ0n) is 11.6. The number of sulfone groups is 1. The Balaban J connectivity index is 2.21. The maximum absolute atomic E-state index is 11.5. The van der Waals surface area contributed by atoms with Gasteiger partial charge in [0.05, 0.1) is 0 Å². The van der Waals surface area contributed by atoms with Crippen LogP contribution < -0.4 is 5.73 Å². The van der Waals surface area contributed by atoms with Crippen molar-refractivity contribution in [3.63, 3.8) is 0 Å². The number of anilines is 1. The number of benzene rings is 1. The van der Waals surface area contributed by atoms with Crippen molar-refractivity contribution < 1.29 is 8.42 Å². The van der Waals surface area contributed by atoms with Crippen LogP contribution in [0.15, 0.2) is 23.4 Å². The van der Waals surface area contributed by atoms with Gasteiger partial charge in [0.25, 0.3) is 10.9 Å². The molecule has 2 heterocycles. The van der Waals surface area contributed by atoms with Crippen LogP contribution in [0.5, 0.6) is 0 Å². The topological polar surface area (TPSA) is 116 Å². The summed E-state index contributed by atoms with van der Waals surface area (Å²) in [7, 11) is -3.57. The molecule has 8 nitrogen and oxygen atoms in total. The van der Waals surface area contributed by atoms with Crippen LogP contribution in [0.25, 0.3) is 17.2 Å². The Kier molecular flexibility index (Phi) is 3.51. The number of aryl methyl sites for hydroxylation is 1. The second kappa shape index (κ2) is 5.12. The van der Waals surface area contributed by atoms with E-state index in [2.05, 4.69) is 42.6 Å². The van der Waals surface area contributed by atoms with E-state index in [1.165, 1.54) is 4.52 Å². The van der Waals surface area contributed by atoms with Gasteiger partial charge in [-0.15, -0.1) is 5.10 Å². The lowest BCUT2D eigenvalue weighted by Gasteiger charge is -2.00. The Morgan fingerprint density at radius 1 is 1.23 bits per heavy atom. The summed E-state index contributed by atoms with van der Waals surface area (Å²) in [4.78, 5) is 11.9. The van der Waals surface area contributed by atoms with E-state index in [0.717, 1.165) is 21.0 Å². The van der Waals surface area contributed by atoms with Crippen LogP contribution in [-0.4, -0.2) is 39.2 Å². The summed E-state index contributed by atoms with van der Waals surface area (Å²) >= 11 is 2.24. The second-order valence-corrected chi connectivity index (χ2v) is 7.82. The fourth-order valence-electron chi connectivity index (χ4n) is 1.86. The van der Waals surface area contributed by atoms with Crippen molar-refractivity contribution >= 4 is 44.2 Å². The number of nitrogens with zero attached hydrogens (tertiary/aromatic N) is 5. The van der Waals surface area contributed by atoms with Crippen LogP contribution in [0.1, 0.15) is 5.56 Å². The van der Waals surface area contributed by atoms with E-state index in [-0.39, 0.29) is 16.9 Å². The average Bonchev–Trinajstić information content (AvgIpc) is 2.85. The molecular formula is C12H11IN6O2S. The minimum Gasteiger partial charge on any atom is -0.368 e. The highest BCUT2D eigenvalue weighted by Gasteiger charge is 2.17. The zero-order valence-corrected chi connectivity index (χ0v) is 14.6. The molecule has 3 rings (SSSR count). The molecular weight excluding hydrogens is 419 g/mol. The SMILES string of the molecule is Cc1cc(-c2nc3nc(S(C)(=O)=O)nc(N)n3n2)ccc1I. The van der Waals surface area contributed by atoms with Gasteiger partial charge >= 0.3 is 0 Å². The van der Waals surface area contributed by atoms with Crippen molar-refractivity contribution in [1.82, 2.24) is 24.6 Å². The molecule has 114 valence electrons. The van der Waals surface area contributed by atoms with Crippen LogP contribution in [0, 0.1) is 10.5 Å². The van der Waals surface area contributed by atoms with Gasteiger partial charge in [-0.3, -0.25) is 0 Å². The van der Waals surface area contributed by atoms with Gasteiger partial charge in [0.15, 0.2) is 5.82 Å². The summed E-state index contributed by atoms with van der Waals surface area (Å²) in [6.45, 7) is 1.98. The molecule has 0 unspecified atom stereocenters. The molecule has 0 fully saturated rings. The van der Waals surface area contributed by atoms with E-state index < -0.39 is 9.84 Å². The number of hydrogen-bond donors (Lipinski definition) is 1. The first kappa shape index (κ1) is 15.1. The summed E-state index contributed by atoms with van der Waals surface area (Å²) in [6, 6.07) is 5.77. The van der Waals surface area contributed by atoms with Crippen LogP contribution >= 0.6 is 22.6 Å². The fraction of sp³-hybridized carbons (Fsp3) is 0.167. The summed E-state index contributed by atoms with van der Waals surface area (Å²) in [5, 5.41) is 3.87. The van der Waals surface area contributed by atoms with Crippen LogP contribution in [0.4, 0.5) is 5.95 Å². The predicted molar refractivity (Wildman–Crippen MR) is 89.0 cm³/mol. The molecule has 3 aromatic rings. The molecule has 0 aliphatic carbocycles. The largest absolute Gasteiger partial charge is 0.368 e. The third-order valence-electron chi connectivity index (χ3n) is 2.96. The van der Waals surface area contributed by atoms with E-state index in [1.807, 2.05) is 25.1 Å².